The first-order valence-corrected chi connectivity index (χ1v) is 3.91. The van der Waals surface area contributed by atoms with Crippen LogP contribution in [0, 0.1) is 0 Å². The standard InChI is InChI=1S/C8H19NO/c1-7(2)9-8(3)5-6-10-4/h7-9H,5-6H2,1-4H3. The van der Waals surface area contributed by atoms with E-state index < -0.39 is 0 Å². The summed E-state index contributed by atoms with van der Waals surface area (Å²) in [6.45, 7) is 7.34. The van der Waals surface area contributed by atoms with E-state index in [9.17, 15) is 0 Å². The molecule has 10 heavy (non-hydrogen) atoms. The highest BCUT2D eigenvalue weighted by atomic mass is 16.5. The number of methoxy groups -OCH3 is 1. The van der Waals surface area contributed by atoms with Crippen LogP contribution in [-0.2, 0) is 4.74 Å². The Bertz CT molecular complexity index is 73.7. The number of rotatable bonds is 5. The van der Waals surface area contributed by atoms with Gasteiger partial charge >= 0.3 is 0 Å². The highest BCUT2D eigenvalue weighted by molar-refractivity contribution is 4.62. The molecule has 1 N–H and O–H groups in total. The quantitative estimate of drug-likeness (QED) is 0.631. The first kappa shape index (κ1) is 9.92. The summed E-state index contributed by atoms with van der Waals surface area (Å²) in [6, 6.07) is 1.15. The molecule has 0 spiro atoms. The molecule has 0 aliphatic rings. The van der Waals surface area contributed by atoms with Gasteiger partial charge in [0.05, 0.1) is 0 Å². The molecule has 62 valence electrons. The molecule has 0 saturated carbocycles. The zero-order valence-electron chi connectivity index (χ0n) is 7.48. The molecule has 1 atom stereocenters. The highest BCUT2D eigenvalue weighted by Gasteiger charge is 2.01. The summed E-state index contributed by atoms with van der Waals surface area (Å²) in [4.78, 5) is 0. The zero-order valence-corrected chi connectivity index (χ0v) is 7.48. The van der Waals surface area contributed by atoms with Gasteiger partial charge in [0, 0.05) is 25.8 Å². The van der Waals surface area contributed by atoms with Crippen molar-refractivity contribution < 1.29 is 4.74 Å². The monoisotopic (exact) mass is 145 g/mol. The Kier molecular flexibility index (Phi) is 5.64. The van der Waals surface area contributed by atoms with Crippen molar-refractivity contribution >= 4 is 0 Å². The fourth-order valence-corrected chi connectivity index (χ4v) is 0.947. The molecule has 2 heteroatoms. The van der Waals surface area contributed by atoms with Gasteiger partial charge in [0.25, 0.3) is 0 Å². The molecule has 2 nitrogen and oxygen atoms in total. The minimum Gasteiger partial charge on any atom is -0.385 e. The second-order valence-corrected chi connectivity index (χ2v) is 3.00. The van der Waals surface area contributed by atoms with E-state index in [0.717, 1.165) is 13.0 Å². The van der Waals surface area contributed by atoms with Crippen molar-refractivity contribution in [2.45, 2.75) is 39.3 Å². The highest BCUT2D eigenvalue weighted by Crippen LogP contribution is 1.92. The SMILES string of the molecule is COCCC(C)NC(C)C. The van der Waals surface area contributed by atoms with Crippen molar-refractivity contribution in [3.63, 3.8) is 0 Å². The Labute approximate surface area is 64.0 Å². The fourth-order valence-electron chi connectivity index (χ4n) is 0.947. The van der Waals surface area contributed by atoms with Crippen molar-refractivity contribution in [3.8, 4) is 0 Å². The van der Waals surface area contributed by atoms with Gasteiger partial charge in [-0.15, -0.1) is 0 Å². The van der Waals surface area contributed by atoms with E-state index in [4.69, 9.17) is 4.74 Å². The summed E-state index contributed by atoms with van der Waals surface area (Å²) in [6.07, 6.45) is 1.09. The maximum Gasteiger partial charge on any atom is 0.0476 e. The van der Waals surface area contributed by atoms with Crippen LogP contribution in [0.5, 0.6) is 0 Å². The van der Waals surface area contributed by atoms with Crippen LogP contribution in [0.4, 0.5) is 0 Å². The van der Waals surface area contributed by atoms with Gasteiger partial charge in [0.1, 0.15) is 0 Å². The third-order valence-corrected chi connectivity index (χ3v) is 1.37. The van der Waals surface area contributed by atoms with Gasteiger partial charge in [-0.3, -0.25) is 0 Å². The third kappa shape index (κ3) is 6.05. The van der Waals surface area contributed by atoms with E-state index in [1.807, 2.05) is 0 Å². The Morgan fingerprint density at radius 1 is 1.30 bits per heavy atom. The Balaban J connectivity index is 3.16. The first-order chi connectivity index (χ1) is 4.66. The summed E-state index contributed by atoms with van der Waals surface area (Å²) in [7, 11) is 1.74. The van der Waals surface area contributed by atoms with E-state index >= 15 is 0 Å². The van der Waals surface area contributed by atoms with Gasteiger partial charge in [0.2, 0.25) is 0 Å². The van der Waals surface area contributed by atoms with Gasteiger partial charge in [-0.1, -0.05) is 13.8 Å². The molecular weight excluding hydrogens is 126 g/mol. The first-order valence-electron chi connectivity index (χ1n) is 3.91. The van der Waals surface area contributed by atoms with Crippen molar-refractivity contribution in [1.29, 1.82) is 0 Å². The summed E-state index contributed by atoms with van der Waals surface area (Å²) in [5, 5.41) is 3.40. The number of hydrogen-bond donors (Lipinski definition) is 1. The predicted octanol–water partition coefficient (Wildman–Crippen LogP) is 1.41. The van der Waals surface area contributed by atoms with Crippen LogP contribution in [0.2, 0.25) is 0 Å². The number of ether oxygens (including phenoxy) is 1. The molecule has 0 saturated heterocycles. The average Bonchev–Trinajstić information content (AvgIpc) is 1.82. The Morgan fingerprint density at radius 2 is 1.90 bits per heavy atom. The summed E-state index contributed by atoms with van der Waals surface area (Å²) >= 11 is 0. The normalized spacial score (nSPS) is 14.1. The second-order valence-electron chi connectivity index (χ2n) is 3.00. The zero-order chi connectivity index (χ0) is 7.98. The molecule has 0 aliphatic carbocycles. The van der Waals surface area contributed by atoms with Crippen LogP contribution in [0.3, 0.4) is 0 Å². The fraction of sp³-hybridized carbons (Fsp3) is 1.00. The molecule has 0 amide bonds. The van der Waals surface area contributed by atoms with Crippen molar-refractivity contribution in [2.75, 3.05) is 13.7 Å². The van der Waals surface area contributed by atoms with Gasteiger partial charge in [0.15, 0.2) is 0 Å². The maximum atomic E-state index is 4.95. The van der Waals surface area contributed by atoms with Crippen LogP contribution < -0.4 is 5.32 Å². The summed E-state index contributed by atoms with van der Waals surface area (Å²) < 4.78 is 4.95. The van der Waals surface area contributed by atoms with Gasteiger partial charge in [-0.05, 0) is 13.3 Å². The molecule has 0 fully saturated rings. The lowest BCUT2D eigenvalue weighted by Gasteiger charge is -2.15. The average molecular weight is 145 g/mol. The van der Waals surface area contributed by atoms with Crippen molar-refractivity contribution in [1.82, 2.24) is 5.32 Å². The Morgan fingerprint density at radius 3 is 2.30 bits per heavy atom. The summed E-state index contributed by atoms with van der Waals surface area (Å²) in [5.74, 6) is 0. The molecule has 0 aliphatic heterocycles. The molecule has 0 bridgehead atoms. The predicted molar refractivity (Wildman–Crippen MR) is 44.2 cm³/mol. The lowest BCUT2D eigenvalue weighted by molar-refractivity contribution is 0.183. The van der Waals surface area contributed by atoms with Gasteiger partial charge in [-0.25, -0.2) is 0 Å². The van der Waals surface area contributed by atoms with Crippen LogP contribution in [0.25, 0.3) is 0 Å². The summed E-state index contributed by atoms with van der Waals surface area (Å²) in [5.41, 5.74) is 0. The minimum absolute atomic E-state index is 0.569. The van der Waals surface area contributed by atoms with E-state index in [1.165, 1.54) is 0 Å². The second kappa shape index (κ2) is 5.69. The van der Waals surface area contributed by atoms with E-state index in [1.54, 1.807) is 7.11 Å². The number of nitrogens with one attached hydrogen (secondary N) is 1. The minimum atomic E-state index is 0.569. The number of hydrogen-bond acceptors (Lipinski definition) is 2. The molecule has 0 rings (SSSR count). The smallest absolute Gasteiger partial charge is 0.0476 e. The van der Waals surface area contributed by atoms with Crippen LogP contribution in [0.15, 0.2) is 0 Å². The largest absolute Gasteiger partial charge is 0.385 e. The van der Waals surface area contributed by atoms with Crippen LogP contribution in [0.1, 0.15) is 27.2 Å². The van der Waals surface area contributed by atoms with Crippen LogP contribution >= 0.6 is 0 Å². The molecule has 0 aromatic rings. The topological polar surface area (TPSA) is 21.3 Å². The lowest BCUT2D eigenvalue weighted by atomic mass is 10.2. The van der Waals surface area contributed by atoms with Gasteiger partial charge < -0.3 is 10.1 Å². The molecular formula is C8H19NO. The van der Waals surface area contributed by atoms with Crippen molar-refractivity contribution in [2.24, 2.45) is 0 Å². The molecule has 0 aromatic heterocycles. The lowest BCUT2D eigenvalue weighted by Crippen LogP contribution is -2.33. The van der Waals surface area contributed by atoms with E-state index in [2.05, 4.69) is 26.1 Å². The van der Waals surface area contributed by atoms with Crippen molar-refractivity contribution in [3.05, 3.63) is 0 Å². The molecule has 1 unspecified atom stereocenters. The molecule has 0 heterocycles. The van der Waals surface area contributed by atoms with E-state index in [-0.39, 0.29) is 0 Å². The Hall–Kier alpha value is -0.0800. The maximum absolute atomic E-state index is 4.95. The molecule has 0 radical (unpaired) electrons. The van der Waals surface area contributed by atoms with E-state index in [0.29, 0.717) is 12.1 Å². The molecule has 0 aromatic carbocycles. The van der Waals surface area contributed by atoms with Crippen LogP contribution in [-0.4, -0.2) is 25.8 Å². The van der Waals surface area contributed by atoms with Gasteiger partial charge in [-0.2, -0.15) is 0 Å². The third-order valence-electron chi connectivity index (χ3n) is 1.37.